The SMILES string of the molecule is CCCNc1cc(CN(C)c2ccc(CC)cc2)ccn1. The van der Waals surface area contributed by atoms with Crippen molar-refractivity contribution in [1.82, 2.24) is 4.98 Å². The zero-order chi connectivity index (χ0) is 15.1. The first-order chi connectivity index (χ1) is 10.2. The topological polar surface area (TPSA) is 28.2 Å². The number of hydrogen-bond donors (Lipinski definition) is 1. The summed E-state index contributed by atoms with van der Waals surface area (Å²) in [4.78, 5) is 6.61. The quantitative estimate of drug-likeness (QED) is 0.829. The Hall–Kier alpha value is -2.03. The Morgan fingerprint density at radius 3 is 2.48 bits per heavy atom. The molecule has 1 aromatic heterocycles. The number of aromatic nitrogens is 1. The number of anilines is 2. The lowest BCUT2D eigenvalue weighted by molar-refractivity contribution is 0.914. The number of pyridine rings is 1. The van der Waals surface area contributed by atoms with Crippen molar-refractivity contribution in [1.29, 1.82) is 0 Å². The molecule has 2 aromatic rings. The number of nitrogens with zero attached hydrogens (tertiary/aromatic N) is 2. The summed E-state index contributed by atoms with van der Waals surface area (Å²) in [6.07, 6.45) is 4.07. The maximum atomic E-state index is 4.35. The molecule has 3 nitrogen and oxygen atoms in total. The lowest BCUT2D eigenvalue weighted by atomic mass is 10.1. The molecule has 0 radical (unpaired) electrons. The summed E-state index contributed by atoms with van der Waals surface area (Å²) in [6.45, 7) is 6.19. The van der Waals surface area contributed by atoms with Crippen LogP contribution in [0.1, 0.15) is 31.4 Å². The number of benzene rings is 1. The van der Waals surface area contributed by atoms with Crippen LogP contribution in [0.5, 0.6) is 0 Å². The van der Waals surface area contributed by atoms with Gasteiger partial charge in [-0.3, -0.25) is 0 Å². The van der Waals surface area contributed by atoms with E-state index < -0.39 is 0 Å². The zero-order valence-electron chi connectivity index (χ0n) is 13.3. The minimum Gasteiger partial charge on any atom is -0.370 e. The molecule has 1 N–H and O–H groups in total. The van der Waals surface area contributed by atoms with E-state index in [1.807, 2.05) is 6.20 Å². The summed E-state index contributed by atoms with van der Waals surface area (Å²) >= 11 is 0. The molecule has 0 saturated carbocycles. The second-order valence-electron chi connectivity index (χ2n) is 5.35. The average molecular weight is 283 g/mol. The van der Waals surface area contributed by atoms with Gasteiger partial charge in [0.25, 0.3) is 0 Å². The van der Waals surface area contributed by atoms with Crippen molar-refractivity contribution >= 4 is 11.5 Å². The van der Waals surface area contributed by atoms with Gasteiger partial charge in [-0.15, -0.1) is 0 Å². The van der Waals surface area contributed by atoms with Gasteiger partial charge in [0.2, 0.25) is 0 Å². The smallest absolute Gasteiger partial charge is 0.126 e. The Kier molecular flexibility index (Phi) is 5.61. The summed E-state index contributed by atoms with van der Waals surface area (Å²) < 4.78 is 0. The minimum atomic E-state index is 0.884. The van der Waals surface area contributed by atoms with E-state index in [-0.39, 0.29) is 0 Å². The predicted octanol–water partition coefficient (Wildman–Crippen LogP) is 4.10. The van der Waals surface area contributed by atoms with E-state index in [9.17, 15) is 0 Å². The molecule has 0 aliphatic carbocycles. The molecule has 21 heavy (non-hydrogen) atoms. The number of rotatable bonds is 7. The van der Waals surface area contributed by atoms with Crippen LogP contribution >= 0.6 is 0 Å². The lowest BCUT2D eigenvalue weighted by Gasteiger charge is -2.20. The fraction of sp³-hybridized carbons (Fsp3) is 0.389. The van der Waals surface area contributed by atoms with Crippen molar-refractivity contribution in [3.05, 3.63) is 53.7 Å². The summed E-state index contributed by atoms with van der Waals surface area (Å²) in [5, 5.41) is 3.33. The van der Waals surface area contributed by atoms with Gasteiger partial charge < -0.3 is 10.2 Å². The standard InChI is InChI=1S/C18H25N3/c1-4-11-19-18-13-16(10-12-20-18)14-21(3)17-8-6-15(5-2)7-9-17/h6-10,12-13H,4-5,11,14H2,1-3H3,(H,19,20). The number of aryl methyl sites for hydroxylation is 1. The first-order valence-corrected chi connectivity index (χ1v) is 7.71. The Balaban J connectivity index is 2.02. The van der Waals surface area contributed by atoms with Crippen LogP contribution in [-0.2, 0) is 13.0 Å². The molecule has 2 rings (SSSR count). The van der Waals surface area contributed by atoms with Crippen LogP contribution in [0.2, 0.25) is 0 Å². The molecule has 0 unspecified atom stereocenters. The van der Waals surface area contributed by atoms with Gasteiger partial charge in [0.1, 0.15) is 5.82 Å². The van der Waals surface area contributed by atoms with Gasteiger partial charge in [-0.2, -0.15) is 0 Å². The van der Waals surface area contributed by atoms with Gasteiger partial charge in [-0.25, -0.2) is 4.98 Å². The summed E-state index contributed by atoms with van der Waals surface area (Å²) in [7, 11) is 2.13. The molecule has 0 saturated heterocycles. The zero-order valence-corrected chi connectivity index (χ0v) is 13.3. The van der Waals surface area contributed by atoms with E-state index in [4.69, 9.17) is 0 Å². The maximum absolute atomic E-state index is 4.35. The molecule has 0 aliphatic rings. The summed E-state index contributed by atoms with van der Waals surface area (Å²) in [6, 6.07) is 13.0. The first-order valence-electron chi connectivity index (χ1n) is 7.71. The van der Waals surface area contributed by atoms with E-state index in [0.717, 1.165) is 31.7 Å². The van der Waals surface area contributed by atoms with Gasteiger partial charge in [0, 0.05) is 32.0 Å². The first kappa shape index (κ1) is 15.4. The molecule has 1 heterocycles. The molecule has 0 amide bonds. The Morgan fingerprint density at radius 2 is 1.81 bits per heavy atom. The summed E-state index contributed by atoms with van der Waals surface area (Å²) in [5.74, 6) is 0.962. The Labute approximate surface area is 128 Å². The van der Waals surface area contributed by atoms with Crippen molar-refractivity contribution in [3.8, 4) is 0 Å². The predicted molar refractivity (Wildman–Crippen MR) is 90.9 cm³/mol. The van der Waals surface area contributed by atoms with Gasteiger partial charge in [-0.05, 0) is 48.2 Å². The Bertz CT molecular complexity index is 549. The fourth-order valence-electron chi connectivity index (χ4n) is 2.27. The van der Waals surface area contributed by atoms with Gasteiger partial charge in [0.15, 0.2) is 0 Å². The molecule has 0 bridgehead atoms. The minimum absolute atomic E-state index is 0.884. The van der Waals surface area contributed by atoms with Gasteiger partial charge >= 0.3 is 0 Å². The van der Waals surface area contributed by atoms with Gasteiger partial charge in [0.05, 0.1) is 0 Å². The van der Waals surface area contributed by atoms with Crippen LogP contribution in [-0.4, -0.2) is 18.6 Å². The monoisotopic (exact) mass is 283 g/mol. The third-order valence-corrected chi connectivity index (χ3v) is 3.59. The molecule has 0 atom stereocenters. The molecule has 0 aliphatic heterocycles. The average Bonchev–Trinajstić information content (AvgIpc) is 2.53. The van der Waals surface area contributed by atoms with Crippen LogP contribution in [0, 0.1) is 0 Å². The van der Waals surface area contributed by atoms with E-state index >= 15 is 0 Å². The largest absolute Gasteiger partial charge is 0.370 e. The molecular formula is C18H25N3. The molecule has 3 heteroatoms. The highest BCUT2D eigenvalue weighted by Crippen LogP contribution is 2.17. The van der Waals surface area contributed by atoms with Crippen LogP contribution in [0.4, 0.5) is 11.5 Å². The van der Waals surface area contributed by atoms with Crippen molar-refractivity contribution in [2.45, 2.75) is 33.2 Å². The van der Waals surface area contributed by atoms with E-state index in [1.165, 1.54) is 16.8 Å². The van der Waals surface area contributed by atoms with Crippen molar-refractivity contribution in [2.24, 2.45) is 0 Å². The second kappa shape index (κ2) is 7.67. The number of hydrogen-bond acceptors (Lipinski definition) is 3. The van der Waals surface area contributed by atoms with Crippen molar-refractivity contribution in [2.75, 3.05) is 23.8 Å². The highest BCUT2D eigenvalue weighted by Gasteiger charge is 2.03. The van der Waals surface area contributed by atoms with E-state index in [2.05, 4.69) is 72.5 Å². The molecular weight excluding hydrogens is 258 g/mol. The third-order valence-electron chi connectivity index (χ3n) is 3.59. The second-order valence-corrected chi connectivity index (χ2v) is 5.35. The maximum Gasteiger partial charge on any atom is 0.126 e. The molecule has 112 valence electrons. The Morgan fingerprint density at radius 1 is 1.05 bits per heavy atom. The van der Waals surface area contributed by atoms with Crippen LogP contribution < -0.4 is 10.2 Å². The molecule has 0 fully saturated rings. The molecule has 1 aromatic carbocycles. The highest BCUT2D eigenvalue weighted by atomic mass is 15.1. The van der Waals surface area contributed by atoms with E-state index in [0.29, 0.717) is 0 Å². The van der Waals surface area contributed by atoms with E-state index in [1.54, 1.807) is 0 Å². The van der Waals surface area contributed by atoms with Crippen LogP contribution in [0.3, 0.4) is 0 Å². The fourth-order valence-corrected chi connectivity index (χ4v) is 2.27. The normalized spacial score (nSPS) is 10.4. The van der Waals surface area contributed by atoms with Crippen LogP contribution in [0.15, 0.2) is 42.6 Å². The third kappa shape index (κ3) is 4.48. The van der Waals surface area contributed by atoms with Crippen LogP contribution in [0.25, 0.3) is 0 Å². The molecule has 0 spiro atoms. The van der Waals surface area contributed by atoms with Crippen molar-refractivity contribution in [3.63, 3.8) is 0 Å². The highest BCUT2D eigenvalue weighted by molar-refractivity contribution is 5.48. The number of nitrogens with one attached hydrogen (secondary N) is 1. The van der Waals surface area contributed by atoms with Crippen molar-refractivity contribution < 1.29 is 0 Å². The van der Waals surface area contributed by atoms with Gasteiger partial charge in [-0.1, -0.05) is 26.0 Å². The summed E-state index contributed by atoms with van der Waals surface area (Å²) in [5.41, 5.74) is 3.89. The lowest BCUT2D eigenvalue weighted by Crippen LogP contribution is -2.16.